The number of ether oxygens (including phenoxy) is 1. The molecule has 3 rings (SSSR count). The summed E-state index contributed by atoms with van der Waals surface area (Å²) in [4.78, 5) is 32.8. The van der Waals surface area contributed by atoms with E-state index in [1.165, 1.54) is 0 Å². The van der Waals surface area contributed by atoms with Gasteiger partial charge < -0.3 is 9.72 Å². The molecule has 0 atom stereocenters. The number of halogens is 1. The molecule has 1 aromatic heterocycles. The Morgan fingerprint density at radius 3 is 2.52 bits per heavy atom. The van der Waals surface area contributed by atoms with Gasteiger partial charge >= 0.3 is 0 Å². The maximum absolute atomic E-state index is 12.9. The van der Waals surface area contributed by atoms with E-state index >= 15 is 0 Å². The molecule has 2 aromatic carbocycles. The second-order valence-corrected chi connectivity index (χ2v) is 7.82. The minimum absolute atomic E-state index is 0.0552. The van der Waals surface area contributed by atoms with Gasteiger partial charge in [-0.1, -0.05) is 51.1 Å². The molecule has 0 aliphatic rings. The van der Waals surface area contributed by atoms with Crippen LogP contribution in [0.3, 0.4) is 0 Å². The summed E-state index contributed by atoms with van der Waals surface area (Å²) in [6.07, 6.45) is 0.839. The van der Waals surface area contributed by atoms with Crippen molar-refractivity contribution < 1.29 is 9.53 Å². The first-order valence-corrected chi connectivity index (χ1v) is 10.4. The lowest BCUT2D eigenvalue weighted by Crippen LogP contribution is -2.15. The van der Waals surface area contributed by atoms with Crippen molar-refractivity contribution in [2.24, 2.45) is 0 Å². The van der Waals surface area contributed by atoms with Crippen LogP contribution in [0.15, 0.2) is 57.8 Å². The lowest BCUT2D eigenvalue weighted by atomic mass is 10.0. The van der Waals surface area contributed by atoms with Gasteiger partial charge in [-0.05, 0) is 46.5 Å². The lowest BCUT2D eigenvalue weighted by molar-refractivity contribution is 0.103. The van der Waals surface area contributed by atoms with E-state index in [4.69, 9.17) is 4.74 Å². The molecular weight excluding hydrogens is 432 g/mol. The third kappa shape index (κ3) is 4.65. The molecule has 150 valence electrons. The molecule has 1 N–H and O–H groups in total. The third-order valence-electron chi connectivity index (χ3n) is 4.43. The standard InChI is InChI=1S/C23H23BrN2O3/c1-4-12-29-18-11-10-16(21(27)15-8-6-5-7-9-15)13-17(18)22-25-20(14(2)3)19(24)23(28)26-22/h5-11,13-14H,4,12H2,1-3H3,(H,25,26,28). The molecule has 0 fully saturated rings. The monoisotopic (exact) mass is 454 g/mol. The van der Waals surface area contributed by atoms with Crippen LogP contribution in [0.5, 0.6) is 5.75 Å². The quantitative estimate of drug-likeness (QED) is 0.488. The van der Waals surface area contributed by atoms with Crippen molar-refractivity contribution in [2.75, 3.05) is 6.61 Å². The van der Waals surface area contributed by atoms with E-state index in [1.54, 1.807) is 30.3 Å². The average Bonchev–Trinajstić information content (AvgIpc) is 2.74. The molecule has 5 nitrogen and oxygen atoms in total. The number of carbonyl (C=O) groups is 1. The third-order valence-corrected chi connectivity index (χ3v) is 5.20. The van der Waals surface area contributed by atoms with Gasteiger partial charge in [-0.25, -0.2) is 4.98 Å². The highest BCUT2D eigenvalue weighted by atomic mass is 79.9. The van der Waals surface area contributed by atoms with E-state index in [-0.39, 0.29) is 17.3 Å². The number of aromatic amines is 1. The summed E-state index contributed by atoms with van der Waals surface area (Å²) in [6.45, 7) is 6.49. The number of aromatic nitrogens is 2. The summed E-state index contributed by atoms with van der Waals surface area (Å²) >= 11 is 3.32. The van der Waals surface area contributed by atoms with Crippen LogP contribution in [-0.4, -0.2) is 22.4 Å². The smallest absolute Gasteiger partial charge is 0.265 e. The molecule has 0 aliphatic heterocycles. The van der Waals surface area contributed by atoms with Crippen molar-refractivity contribution in [1.29, 1.82) is 0 Å². The highest BCUT2D eigenvalue weighted by Gasteiger charge is 2.18. The first kappa shape index (κ1) is 21.0. The molecule has 0 aliphatic carbocycles. The molecule has 0 amide bonds. The Labute approximate surface area is 178 Å². The van der Waals surface area contributed by atoms with Crippen molar-refractivity contribution in [2.45, 2.75) is 33.1 Å². The zero-order chi connectivity index (χ0) is 21.0. The van der Waals surface area contributed by atoms with Gasteiger partial charge in [0.15, 0.2) is 5.78 Å². The van der Waals surface area contributed by atoms with Crippen LogP contribution < -0.4 is 10.3 Å². The molecule has 0 saturated carbocycles. The summed E-state index contributed by atoms with van der Waals surface area (Å²) < 4.78 is 6.29. The maximum Gasteiger partial charge on any atom is 0.265 e. The van der Waals surface area contributed by atoms with Crippen molar-refractivity contribution in [3.8, 4) is 17.1 Å². The SMILES string of the molecule is CCCOc1ccc(C(=O)c2ccccc2)cc1-c1nc(C(C)C)c(Br)c(=O)[nH]1. The van der Waals surface area contributed by atoms with Crippen LogP contribution >= 0.6 is 15.9 Å². The second-order valence-electron chi connectivity index (χ2n) is 7.02. The van der Waals surface area contributed by atoms with Gasteiger partial charge in [0.1, 0.15) is 16.0 Å². The number of nitrogens with zero attached hydrogens (tertiary/aromatic N) is 1. The molecule has 0 bridgehead atoms. The predicted octanol–water partition coefficient (Wildman–Crippen LogP) is 5.34. The summed E-state index contributed by atoms with van der Waals surface area (Å²) in [5.41, 5.74) is 2.09. The van der Waals surface area contributed by atoms with Crippen LogP contribution in [0.25, 0.3) is 11.4 Å². The minimum Gasteiger partial charge on any atom is -0.493 e. The van der Waals surface area contributed by atoms with Crippen molar-refractivity contribution >= 4 is 21.7 Å². The number of H-pyrrole nitrogens is 1. The molecule has 29 heavy (non-hydrogen) atoms. The number of nitrogens with one attached hydrogen (secondary N) is 1. The summed E-state index contributed by atoms with van der Waals surface area (Å²) in [6, 6.07) is 14.3. The van der Waals surface area contributed by atoms with Gasteiger partial charge in [-0.2, -0.15) is 0 Å². The maximum atomic E-state index is 12.9. The first-order chi connectivity index (χ1) is 13.9. The van der Waals surface area contributed by atoms with Gasteiger partial charge in [-0.3, -0.25) is 9.59 Å². The fraction of sp³-hybridized carbons (Fsp3) is 0.261. The van der Waals surface area contributed by atoms with Crippen LogP contribution in [0, 0.1) is 0 Å². The predicted molar refractivity (Wildman–Crippen MR) is 118 cm³/mol. The fourth-order valence-corrected chi connectivity index (χ4v) is 3.58. The van der Waals surface area contributed by atoms with Crippen molar-refractivity contribution in [1.82, 2.24) is 9.97 Å². The molecule has 0 radical (unpaired) electrons. The van der Waals surface area contributed by atoms with E-state index in [0.29, 0.717) is 45.0 Å². The number of hydrogen-bond acceptors (Lipinski definition) is 4. The van der Waals surface area contributed by atoms with E-state index < -0.39 is 0 Å². The van der Waals surface area contributed by atoms with E-state index in [2.05, 4.69) is 25.9 Å². The van der Waals surface area contributed by atoms with Crippen LogP contribution in [0.2, 0.25) is 0 Å². The number of hydrogen-bond donors (Lipinski definition) is 1. The molecular formula is C23H23BrN2O3. The molecule has 0 saturated heterocycles. The Hall–Kier alpha value is -2.73. The van der Waals surface area contributed by atoms with Gasteiger partial charge in [0, 0.05) is 11.1 Å². The number of ketones is 1. The molecule has 0 spiro atoms. The molecule has 6 heteroatoms. The number of rotatable bonds is 7. The Bertz CT molecular complexity index is 1080. The van der Waals surface area contributed by atoms with E-state index in [0.717, 1.165) is 6.42 Å². The van der Waals surface area contributed by atoms with Gasteiger partial charge in [-0.15, -0.1) is 0 Å². The van der Waals surface area contributed by atoms with Crippen LogP contribution in [0.1, 0.15) is 54.7 Å². The van der Waals surface area contributed by atoms with E-state index in [1.807, 2.05) is 39.0 Å². The Balaban J connectivity index is 2.15. The second kappa shape index (κ2) is 9.18. The molecule has 3 aromatic rings. The van der Waals surface area contributed by atoms with Gasteiger partial charge in [0.25, 0.3) is 5.56 Å². The lowest BCUT2D eigenvalue weighted by Gasteiger charge is -2.14. The summed E-state index contributed by atoms with van der Waals surface area (Å²) in [5, 5.41) is 0. The fourth-order valence-electron chi connectivity index (χ4n) is 2.94. The van der Waals surface area contributed by atoms with Crippen molar-refractivity contribution in [3.63, 3.8) is 0 Å². The topological polar surface area (TPSA) is 72.0 Å². The largest absolute Gasteiger partial charge is 0.493 e. The van der Waals surface area contributed by atoms with Gasteiger partial charge in [0.05, 0.1) is 17.9 Å². The van der Waals surface area contributed by atoms with Gasteiger partial charge in [0.2, 0.25) is 0 Å². The Morgan fingerprint density at radius 2 is 1.86 bits per heavy atom. The zero-order valence-corrected chi connectivity index (χ0v) is 18.2. The highest BCUT2D eigenvalue weighted by molar-refractivity contribution is 9.10. The Kier molecular flexibility index (Phi) is 6.64. The molecule has 1 heterocycles. The molecule has 0 unspecified atom stereocenters. The average molecular weight is 455 g/mol. The minimum atomic E-state index is -0.264. The first-order valence-electron chi connectivity index (χ1n) is 9.59. The van der Waals surface area contributed by atoms with Crippen LogP contribution in [-0.2, 0) is 0 Å². The summed E-state index contributed by atoms with van der Waals surface area (Å²) in [5.74, 6) is 0.921. The number of carbonyl (C=O) groups excluding carboxylic acids is 1. The Morgan fingerprint density at radius 1 is 1.14 bits per heavy atom. The summed E-state index contributed by atoms with van der Waals surface area (Å²) in [7, 11) is 0. The number of benzene rings is 2. The van der Waals surface area contributed by atoms with Crippen LogP contribution in [0.4, 0.5) is 0 Å². The van der Waals surface area contributed by atoms with E-state index in [9.17, 15) is 9.59 Å². The van der Waals surface area contributed by atoms with Crippen molar-refractivity contribution in [3.05, 3.63) is 80.2 Å². The normalized spacial score (nSPS) is 10.9. The highest BCUT2D eigenvalue weighted by Crippen LogP contribution is 2.31. The zero-order valence-electron chi connectivity index (χ0n) is 16.7.